The van der Waals surface area contributed by atoms with Gasteiger partial charge in [-0.15, -0.1) is 0 Å². The Kier molecular flexibility index (Phi) is 9.27. The van der Waals surface area contributed by atoms with E-state index in [1.54, 1.807) is 0 Å². The van der Waals surface area contributed by atoms with Crippen molar-refractivity contribution in [2.24, 2.45) is 0 Å². The molecule has 1 nitrogen and oxygen atoms in total. The van der Waals surface area contributed by atoms with Crippen molar-refractivity contribution in [2.75, 3.05) is 0 Å². The Hall–Kier alpha value is 0.100. The molecule has 0 amide bonds. The Balaban J connectivity index is 2.95. The van der Waals surface area contributed by atoms with Gasteiger partial charge in [-0.2, -0.15) is 0 Å². The Morgan fingerprint density at radius 1 is 1.08 bits per heavy atom. The maximum absolute atomic E-state index is 10.4. The van der Waals surface area contributed by atoms with Crippen LogP contribution in [-0.2, 0) is 4.57 Å². The minimum atomic E-state index is 0.318. The first kappa shape index (κ1) is 12.1. The second-order valence-corrected chi connectivity index (χ2v) is 4.60. The fraction of sp³-hybridized carbons (Fsp3) is 1.00. The summed E-state index contributed by atoms with van der Waals surface area (Å²) in [6.45, 7) is 4.28. The first-order valence-corrected chi connectivity index (χ1v) is 6.02. The van der Waals surface area contributed by atoms with Crippen molar-refractivity contribution in [1.82, 2.24) is 0 Å². The summed E-state index contributed by atoms with van der Waals surface area (Å²) in [5.41, 5.74) is 0.371. The van der Waals surface area contributed by atoms with Gasteiger partial charge in [0.25, 0.3) is 0 Å². The van der Waals surface area contributed by atoms with E-state index in [1.807, 2.05) is 6.92 Å². The maximum atomic E-state index is 10.4. The van der Waals surface area contributed by atoms with Crippen molar-refractivity contribution in [3.05, 3.63) is 0 Å². The zero-order valence-electron chi connectivity index (χ0n) is 8.38. The first-order chi connectivity index (χ1) is 5.81. The van der Waals surface area contributed by atoms with Crippen LogP contribution in [0.4, 0.5) is 0 Å². The molecule has 1 unspecified atom stereocenters. The highest BCUT2D eigenvalue weighted by molar-refractivity contribution is 7.24. The van der Waals surface area contributed by atoms with Crippen molar-refractivity contribution in [2.45, 2.75) is 64.5 Å². The Morgan fingerprint density at radius 3 is 2.25 bits per heavy atom. The van der Waals surface area contributed by atoms with Crippen molar-refractivity contribution in [3.63, 3.8) is 0 Å². The van der Waals surface area contributed by atoms with Crippen LogP contribution in [0.2, 0.25) is 0 Å². The molecule has 0 spiro atoms. The quantitative estimate of drug-likeness (QED) is 0.407. The highest BCUT2D eigenvalue weighted by Gasteiger charge is 1.99. The molecule has 0 aliphatic rings. The van der Waals surface area contributed by atoms with Crippen LogP contribution in [-0.4, -0.2) is 5.66 Å². The van der Waals surface area contributed by atoms with Crippen molar-refractivity contribution < 1.29 is 4.57 Å². The highest BCUT2D eigenvalue weighted by Crippen LogP contribution is 2.15. The lowest BCUT2D eigenvalue weighted by atomic mass is 10.1. The number of rotatable bonds is 8. The average Bonchev–Trinajstić information content (AvgIpc) is 2.10. The molecule has 0 rings (SSSR count). The van der Waals surface area contributed by atoms with Gasteiger partial charge in [0.2, 0.25) is 0 Å². The first-order valence-electron chi connectivity index (χ1n) is 5.13. The molecule has 0 saturated heterocycles. The molecule has 0 heterocycles. The zero-order valence-corrected chi connectivity index (χ0v) is 9.28. The Labute approximate surface area is 78.1 Å². The van der Waals surface area contributed by atoms with E-state index in [-0.39, 0.29) is 0 Å². The average molecular weight is 188 g/mol. The fourth-order valence-electron chi connectivity index (χ4n) is 1.27. The van der Waals surface area contributed by atoms with Crippen LogP contribution in [0.15, 0.2) is 0 Å². The van der Waals surface area contributed by atoms with E-state index >= 15 is 0 Å². The van der Waals surface area contributed by atoms with E-state index in [1.165, 1.54) is 38.5 Å². The minimum absolute atomic E-state index is 0.318. The highest BCUT2D eigenvalue weighted by atomic mass is 31.1. The molecule has 1 atom stereocenters. The fourth-order valence-corrected chi connectivity index (χ4v) is 1.56. The molecular formula is C10H21OP. The summed E-state index contributed by atoms with van der Waals surface area (Å²) >= 11 is 0. The molecular weight excluding hydrogens is 167 g/mol. The second-order valence-electron chi connectivity index (χ2n) is 3.51. The van der Waals surface area contributed by atoms with Gasteiger partial charge >= 0.3 is 0 Å². The van der Waals surface area contributed by atoms with E-state index in [0.29, 0.717) is 14.1 Å². The molecule has 0 aliphatic heterocycles. The normalized spacial score (nSPS) is 13.5. The summed E-state index contributed by atoms with van der Waals surface area (Å²) in [5, 5.41) is 0. The van der Waals surface area contributed by atoms with Crippen molar-refractivity contribution in [3.8, 4) is 0 Å². The van der Waals surface area contributed by atoms with Gasteiger partial charge in [-0.05, 0) is 6.42 Å². The molecule has 0 N–H and O–H groups in total. The summed E-state index contributed by atoms with van der Waals surface area (Å²) < 4.78 is 10.4. The lowest BCUT2D eigenvalue weighted by Crippen LogP contribution is -1.90. The number of unbranched alkanes of at least 4 members (excludes halogenated alkanes) is 5. The predicted molar refractivity (Wildman–Crippen MR) is 55.1 cm³/mol. The Bertz CT molecular complexity index is 104. The lowest BCUT2D eigenvalue weighted by Gasteiger charge is -2.01. The summed E-state index contributed by atoms with van der Waals surface area (Å²) in [4.78, 5) is 0. The summed E-state index contributed by atoms with van der Waals surface area (Å²) in [6.07, 6.45) is 9.11. The molecule has 0 saturated carbocycles. The molecule has 0 aromatic rings. The third-order valence-electron chi connectivity index (χ3n) is 2.16. The second kappa shape index (κ2) is 9.19. The van der Waals surface area contributed by atoms with Gasteiger partial charge in [0.1, 0.15) is 0 Å². The molecule has 0 radical (unpaired) electrons. The summed E-state index contributed by atoms with van der Waals surface area (Å²) in [7, 11) is 0.318. The van der Waals surface area contributed by atoms with Gasteiger partial charge in [0.15, 0.2) is 8.46 Å². The topological polar surface area (TPSA) is 17.1 Å². The van der Waals surface area contributed by atoms with Gasteiger partial charge in [0.05, 0.1) is 0 Å². The lowest BCUT2D eigenvalue weighted by molar-refractivity contribution is 0.568. The smallest absolute Gasteiger partial charge is 0.158 e. The van der Waals surface area contributed by atoms with E-state index in [9.17, 15) is 4.57 Å². The van der Waals surface area contributed by atoms with Crippen LogP contribution in [0, 0.1) is 0 Å². The van der Waals surface area contributed by atoms with Gasteiger partial charge in [-0.1, -0.05) is 52.4 Å². The predicted octanol–water partition coefficient (Wildman–Crippen LogP) is 4.42. The van der Waals surface area contributed by atoms with Gasteiger partial charge in [0, 0.05) is 5.66 Å². The molecule has 0 aromatic heterocycles. The summed E-state index contributed by atoms with van der Waals surface area (Å²) in [6, 6.07) is 0. The van der Waals surface area contributed by atoms with Crippen LogP contribution in [0.5, 0.6) is 0 Å². The number of hydrogen-bond donors (Lipinski definition) is 0. The van der Waals surface area contributed by atoms with Crippen LogP contribution < -0.4 is 0 Å². The molecule has 2 heteroatoms. The minimum Gasteiger partial charge on any atom is -0.275 e. The summed E-state index contributed by atoms with van der Waals surface area (Å²) in [5.74, 6) is 0. The Morgan fingerprint density at radius 2 is 1.67 bits per heavy atom. The van der Waals surface area contributed by atoms with Gasteiger partial charge in [-0.25, -0.2) is 0 Å². The number of hydrogen-bond acceptors (Lipinski definition) is 1. The molecule has 0 aromatic carbocycles. The van der Waals surface area contributed by atoms with E-state index < -0.39 is 0 Å². The standard InChI is InChI=1S/C10H21OP/c1-3-4-5-6-7-8-9-10(2)12-11/h10H,3-9H2,1-2H3. The zero-order chi connectivity index (χ0) is 9.23. The third-order valence-corrected chi connectivity index (χ3v) is 2.77. The van der Waals surface area contributed by atoms with Crippen molar-refractivity contribution in [1.29, 1.82) is 0 Å². The molecule has 12 heavy (non-hydrogen) atoms. The van der Waals surface area contributed by atoms with Crippen LogP contribution >= 0.6 is 8.46 Å². The van der Waals surface area contributed by atoms with Crippen LogP contribution in [0.25, 0.3) is 0 Å². The monoisotopic (exact) mass is 188 g/mol. The SMILES string of the molecule is CCCCCCCCC(C)P=O. The van der Waals surface area contributed by atoms with Crippen LogP contribution in [0.1, 0.15) is 58.8 Å². The van der Waals surface area contributed by atoms with Crippen LogP contribution in [0.3, 0.4) is 0 Å². The third kappa shape index (κ3) is 8.20. The van der Waals surface area contributed by atoms with E-state index in [2.05, 4.69) is 6.92 Å². The van der Waals surface area contributed by atoms with Gasteiger partial charge in [-0.3, -0.25) is 4.57 Å². The molecule has 0 bridgehead atoms. The maximum Gasteiger partial charge on any atom is 0.158 e. The van der Waals surface area contributed by atoms with Gasteiger partial charge < -0.3 is 0 Å². The molecule has 0 fully saturated rings. The van der Waals surface area contributed by atoms with E-state index in [0.717, 1.165) is 6.42 Å². The van der Waals surface area contributed by atoms with E-state index in [4.69, 9.17) is 0 Å². The van der Waals surface area contributed by atoms with Crippen molar-refractivity contribution >= 4 is 8.46 Å². The largest absolute Gasteiger partial charge is 0.275 e. The molecule has 72 valence electrons. The molecule has 0 aliphatic carbocycles.